The average molecular weight is 324 g/mol. The van der Waals surface area contributed by atoms with Gasteiger partial charge in [-0.3, -0.25) is 0 Å². The highest BCUT2D eigenvalue weighted by Crippen LogP contribution is 2.18. The molecular formula is C16H20N8. The minimum absolute atomic E-state index is 0.0865. The molecule has 2 aromatic heterocycles. The molecule has 0 unspecified atom stereocenters. The summed E-state index contributed by atoms with van der Waals surface area (Å²) in [7, 11) is 0. The van der Waals surface area contributed by atoms with Gasteiger partial charge < -0.3 is 16.4 Å². The molecule has 0 spiro atoms. The van der Waals surface area contributed by atoms with E-state index in [-0.39, 0.29) is 6.04 Å². The maximum Gasteiger partial charge on any atom is 0.224 e. The maximum absolute atomic E-state index is 5.90. The zero-order valence-electron chi connectivity index (χ0n) is 13.4. The molecule has 4 N–H and O–H groups in total. The number of aromatic nitrogens is 5. The second-order valence-corrected chi connectivity index (χ2v) is 5.31. The molecule has 0 aliphatic carbocycles. The fourth-order valence-corrected chi connectivity index (χ4v) is 2.09. The first kappa shape index (κ1) is 15.9. The maximum atomic E-state index is 5.90. The highest BCUT2D eigenvalue weighted by atomic mass is 15.5. The molecule has 8 nitrogen and oxygen atoms in total. The third kappa shape index (κ3) is 4.05. The molecule has 3 rings (SSSR count). The van der Waals surface area contributed by atoms with Crippen LogP contribution >= 0.6 is 0 Å². The zero-order valence-corrected chi connectivity index (χ0v) is 13.4. The van der Waals surface area contributed by atoms with E-state index in [2.05, 4.69) is 30.8 Å². The van der Waals surface area contributed by atoms with Crippen LogP contribution in [0.4, 0.5) is 17.5 Å². The minimum atomic E-state index is 0.0865. The number of anilines is 3. The Hall–Kier alpha value is -3.00. The van der Waals surface area contributed by atoms with Crippen LogP contribution in [0.15, 0.2) is 48.9 Å². The van der Waals surface area contributed by atoms with Crippen LogP contribution in [0.1, 0.15) is 13.3 Å². The van der Waals surface area contributed by atoms with Crippen molar-refractivity contribution in [3.63, 3.8) is 0 Å². The van der Waals surface area contributed by atoms with Gasteiger partial charge in [0.05, 0.1) is 18.1 Å². The topological polar surface area (TPSA) is 107 Å². The van der Waals surface area contributed by atoms with Crippen molar-refractivity contribution in [2.24, 2.45) is 5.73 Å². The standard InChI is InChI=1S/C16H20N8/c1-2-12(17)11-19-16-18-7-6-15(23-16)22-13-4-3-5-14(10-13)24-20-8-9-21-24/h3-10,12H,2,11,17H2,1H3,(H2,18,19,22,23)/t12-/m1/s1. The largest absolute Gasteiger partial charge is 0.353 e. The van der Waals surface area contributed by atoms with Crippen LogP contribution in [0.5, 0.6) is 0 Å². The van der Waals surface area contributed by atoms with Gasteiger partial charge in [-0.2, -0.15) is 20.0 Å². The van der Waals surface area contributed by atoms with Crippen LogP contribution in [0.3, 0.4) is 0 Å². The summed E-state index contributed by atoms with van der Waals surface area (Å²) < 4.78 is 0. The second kappa shape index (κ2) is 7.51. The molecule has 24 heavy (non-hydrogen) atoms. The fraction of sp³-hybridized carbons (Fsp3) is 0.250. The number of benzene rings is 1. The summed E-state index contributed by atoms with van der Waals surface area (Å²) in [6.07, 6.45) is 5.89. The van der Waals surface area contributed by atoms with Crippen LogP contribution in [-0.4, -0.2) is 37.5 Å². The molecule has 0 aliphatic heterocycles. The molecular weight excluding hydrogens is 304 g/mol. The van der Waals surface area contributed by atoms with Gasteiger partial charge in [0, 0.05) is 24.5 Å². The third-order valence-electron chi connectivity index (χ3n) is 3.47. The molecule has 124 valence electrons. The molecule has 0 aliphatic rings. The van der Waals surface area contributed by atoms with E-state index >= 15 is 0 Å². The number of nitrogens with two attached hydrogens (primary N) is 1. The first-order valence-electron chi connectivity index (χ1n) is 7.81. The number of nitrogens with one attached hydrogen (secondary N) is 2. The van der Waals surface area contributed by atoms with E-state index in [4.69, 9.17) is 5.73 Å². The minimum Gasteiger partial charge on any atom is -0.353 e. The van der Waals surface area contributed by atoms with E-state index in [0.717, 1.165) is 17.8 Å². The van der Waals surface area contributed by atoms with E-state index in [1.807, 2.05) is 37.3 Å². The van der Waals surface area contributed by atoms with Crippen LogP contribution in [0, 0.1) is 0 Å². The van der Waals surface area contributed by atoms with Gasteiger partial charge >= 0.3 is 0 Å². The molecule has 0 radical (unpaired) electrons. The van der Waals surface area contributed by atoms with E-state index < -0.39 is 0 Å². The van der Waals surface area contributed by atoms with Crippen molar-refractivity contribution in [2.75, 3.05) is 17.2 Å². The summed E-state index contributed by atoms with van der Waals surface area (Å²) in [4.78, 5) is 10.2. The predicted octanol–water partition coefficient (Wildman–Crippen LogP) is 1.95. The SMILES string of the molecule is CC[C@@H](N)CNc1nccc(Nc2cccc(-n3nccn3)c2)n1. The van der Waals surface area contributed by atoms with Crippen molar-refractivity contribution >= 4 is 17.5 Å². The summed E-state index contributed by atoms with van der Waals surface area (Å²) in [5.74, 6) is 1.25. The van der Waals surface area contributed by atoms with E-state index in [0.29, 0.717) is 18.3 Å². The van der Waals surface area contributed by atoms with Crippen molar-refractivity contribution in [2.45, 2.75) is 19.4 Å². The van der Waals surface area contributed by atoms with Crippen molar-refractivity contribution in [3.05, 3.63) is 48.9 Å². The normalized spacial score (nSPS) is 11.9. The Balaban J connectivity index is 1.71. The van der Waals surface area contributed by atoms with E-state index in [1.54, 1.807) is 23.4 Å². The van der Waals surface area contributed by atoms with Gasteiger partial charge in [0.1, 0.15) is 5.82 Å². The Morgan fingerprint density at radius 3 is 2.79 bits per heavy atom. The van der Waals surface area contributed by atoms with Crippen LogP contribution in [0.2, 0.25) is 0 Å². The van der Waals surface area contributed by atoms with Crippen molar-refractivity contribution < 1.29 is 0 Å². The lowest BCUT2D eigenvalue weighted by Crippen LogP contribution is -2.28. The van der Waals surface area contributed by atoms with Crippen molar-refractivity contribution in [1.29, 1.82) is 0 Å². The van der Waals surface area contributed by atoms with Gasteiger partial charge in [0.2, 0.25) is 5.95 Å². The van der Waals surface area contributed by atoms with E-state index in [9.17, 15) is 0 Å². The van der Waals surface area contributed by atoms with Gasteiger partial charge in [-0.25, -0.2) is 4.98 Å². The number of nitrogens with zero attached hydrogens (tertiary/aromatic N) is 5. The predicted molar refractivity (Wildman–Crippen MR) is 93.4 cm³/mol. The second-order valence-electron chi connectivity index (χ2n) is 5.31. The van der Waals surface area contributed by atoms with Gasteiger partial charge in [0.15, 0.2) is 0 Å². The average Bonchev–Trinajstić information content (AvgIpc) is 3.15. The van der Waals surface area contributed by atoms with Crippen LogP contribution in [0.25, 0.3) is 5.69 Å². The summed E-state index contributed by atoms with van der Waals surface area (Å²) in [6.45, 7) is 2.69. The molecule has 1 atom stereocenters. The lowest BCUT2D eigenvalue weighted by atomic mass is 10.2. The van der Waals surface area contributed by atoms with Crippen molar-refractivity contribution in [3.8, 4) is 5.69 Å². The third-order valence-corrected chi connectivity index (χ3v) is 3.47. The molecule has 8 heteroatoms. The summed E-state index contributed by atoms with van der Waals surface area (Å²) in [5, 5.41) is 14.7. The summed E-state index contributed by atoms with van der Waals surface area (Å²) in [5.41, 5.74) is 7.65. The van der Waals surface area contributed by atoms with Gasteiger partial charge in [-0.15, -0.1) is 0 Å². The molecule has 0 bridgehead atoms. The van der Waals surface area contributed by atoms with Crippen molar-refractivity contribution in [1.82, 2.24) is 25.0 Å². The lowest BCUT2D eigenvalue weighted by Gasteiger charge is -2.11. The quantitative estimate of drug-likeness (QED) is 0.610. The number of rotatable bonds is 7. The lowest BCUT2D eigenvalue weighted by molar-refractivity contribution is 0.676. The number of hydrogen-bond acceptors (Lipinski definition) is 7. The highest BCUT2D eigenvalue weighted by molar-refractivity contribution is 5.59. The molecule has 0 amide bonds. The first-order chi connectivity index (χ1) is 11.7. The smallest absolute Gasteiger partial charge is 0.224 e. The summed E-state index contributed by atoms with van der Waals surface area (Å²) in [6, 6.07) is 9.66. The number of hydrogen-bond donors (Lipinski definition) is 3. The highest BCUT2D eigenvalue weighted by Gasteiger charge is 2.04. The monoisotopic (exact) mass is 324 g/mol. The summed E-state index contributed by atoms with van der Waals surface area (Å²) >= 11 is 0. The first-order valence-corrected chi connectivity index (χ1v) is 7.81. The van der Waals surface area contributed by atoms with Crippen LogP contribution < -0.4 is 16.4 Å². The molecule has 0 saturated heterocycles. The Labute approximate surface area is 140 Å². The van der Waals surface area contributed by atoms with E-state index in [1.165, 1.54) is 0 Å². The molecule has 1 aromatic carbocycles. The molecule has 0 fully saturated rings. The Kier molecular flexibility index (Phi) is 4.97. The molecule has 0 saturated carbocycles. The fourth-order valence-electron chi connectivity index (χ4n) is 2.09. The molecule has 2 heterocycles. The Bertz CT molecular complexity index is 771. The van der Waals surface area contributed by atoms with Gasteiger partial charge in [0.25, 0.3) is 0 Å². The van der Waals surface area contributed by atoms with Gasteiger partial charge in [-0.05, 0) is 30.7 Å². The Morgan fingerprint density at radius 2 is 2.00 bits per heavy atom. The van der Waals surface area contributed by atoms with Gasteiger partial charge in [-0.1, -0.05) is 13.0 Å². The van der Waals surface area contributed by atoms with Crippen LogP contribution in [-0.2, 0) is 0 Å². The Morgan fingerprint density at radius 1 is 1.17 bits per heavy atom. The zero-order chi connectivity index (χ0) is 16.8. The molecule has 3 aromatic rings.